The van der Waals surface area contributed by atoms with Gasteiger partial charge < -0.3 is 15.3 Å². The Labute approximate surface area is 107 Å². The van der Waals surface area contributed by atoms with Crippen molar-refractivity contribution in [2.75, 3.05) is 0 Å². The van der Waals surface area contributed by atoms with Gasteiger partial charge in [0, 0.05) is 16.0 Å². The molecule has 17 heavy (non-hydrogen) atoms. The van der Waals surface area contributed by atoms with Crippen LogP contribution in [0.4, 0.5) is 0 Å². The molecule has 0 spiro atoms. The Bertz CT molecular complexity index is 454. The SMILES string of the molecule is O=C(O)CC(c1c(Br)ccc(O)c1O)C1CC1. The van der Waals surface area contributed by atoms with Crippen LogP contribution < -0.4 is 0 Å². The van der Waals surface area contributed by atoms with Gasteiger partial charge in [0.15, 0.2) is 11.5 Å². The summed E-state index contributed by atoms with van der Waals surface area (Å²) in [5, 5.41) is 28.3. The zero-order valence-corrected chi connectivity index (χ0v) is 10.6. The lowest BCUT2D eigenvalue weighted by Gasteiger charge is -2.18. The van der Waals surface area contributed by atoms with Crippen molar-refractivity contribution in [2.24, 2.45) is 5.92 Å². The summed E-state index contributed by atoms with van der Waals surface area (Å²) in [6.45, 7) is 0. The van der Waals surface area contributed by atoms with Crippen molar-refractivity contribution < 1.29 is 20.1 Å². The molecule has 1 aliphatic carbocycles. The van der Waals surface area contributed by atoms with E-state index in [0.29, 0.717) is 10.0 Å². The van der Waals surface area contributed by atoms with Crippen LogP contribution in [0.5, 0.6) is 11.5 Å². The number of hydrogen-bond donors (Lipinski definition) is 3. The van der Waals surface area contributed by atoms with Gasteiger partial charge in [0.25, 0.3) is 0 Å². The molecule has 0 aliphatic heterocycles. The molecule has 1 atom stereocenters. The first kappa shape index (κ1) is 12.2. The highest BCUT2D eigenvalue weighted by Crippen LogP contribution is 2.50. The summed E-state index contributed by atoms with van der Waals surface area (Å²) in [7, 11) is 0. The molecule has 0 amide bonds. The molecule has 1 aliphatic rings. The highest BCUT2D eigenvalue weighted by atomic mass is 79.9. The van der Waals surface area contributed by atoms with Crippen LogP contribution in [0, 0.1) is 5.92 Å². The average Bonchev–Trinajstić information content (AvgIpc) is 3.06. The zero-order chi connectivity index (χ0) is 12.6. The molecule has 92 valence electrons. The highest BCUT2D eigenvalue weighted by molar-refractivity contribution is 9.10. The Morgan fingerprint density at radius 3 is 2.59 bits per heavy atom. The van der Waals surface area contributed by atoms with Crippen molar-refractivity contribution in [1.29, 1.82) is 0 Å². The van der Waals surface area contributed by atoms with E-state index in [2.05, 4.69) is 15.9 Å². The van der Waals surface area contributed by atoms with Crippen LogP contribution in [-0.2, 0) is 4.79 Å². The molecule has 0 heterocycles. The number of carboxylic acids is 1. The first-order chi connectivity index (χ1) is 8.00. The number of halogens is 1. The van der Waals surface area contributed by atoms with E-state index in [0.717, 1.165) is 12.8 Å². The summed E-state index contributed by atoms with van der Waals surface area (Å²) in [5.41, 5.74) is 0.509. The van der Waals surface area contributed by atoms with E-state index in [1.807, 2.05) is 0 Å². The summed E-state index contributed by atoms with van der Waals surface area (Å²) in [4.78, 5) is 10.9. The number of rotatable bonds is 4. The molecule has 1 aromatic carbocycles. The Balaban J connectivity index is 2.41. The van der Waals surface area contributed by atoms with Gasteiger partial charge in [0.2, 0.25) is 0 Å². The number of phenolic OH excluding ortho intramolecular Hbond substituents is 2. The van der Waals surface area contributed by atoms with Gasteiger partial charge in [-0.1, -0.05) is 15.9 Å². The quantitative estimate of drug-likeness (QED) is 0.747. The third kappa shape index (κ3) is 2.54. The third-order valence-corrected chi connectivity index (χ3v) is 3.79. The van der Waals surface area contributed by atoms with Crippen LogP contribution in [0.2, 0.25) is 0 Å². The largest absolute Gasteiger partial charge is 0.504 e. The fourth-order valence-corrected chi connectivity index (χ4v) is 2.73. The Hall–Kier alpha value is -1.23. The summed E-state index contributed by atoms with van der Waals surface area (Å²) in [5.74, 6) is -1.27. The molecule has 1 unspecified atom stereocenters. The maximum absolute atomic E-state index is 10.9. The number of aliphatic carboxylic acids is 1. The van der Waals surface area contributed by atoms with E-state index in [4.69, 9.17) is 5.11 Å². The predicted octanol–water partition coefficient (Wildman–Crippen LogP) is 2.83. The standard InChI is InChI=1S/C12H13BrO4/c13-8-3-4-9(14)12(17)11(8)7(5-10(15)16)6-1-2-6/h3-4,6-7,14,17H,1-2,5H2,(H,15,16). The monoisotopic (exact) mass is 300 g/mol. The minimum absolute atomic E-state index is 0.0275. The molecular formula is C12H13BrO4. The molecule has 1 saturated carbocycles. The molecule has 4 nitrogen and oxygen atoms in total. The second kappa shape index (κ2) is 4.56. The topological polar surface area (TPSA) is 77.8 Å². The van der Waals surface area contributed by atoms with Crippen molar-refractivity contribution in [2.45, 2.75) is 25.2 Å². The van der Waals surface area contributed by atoms with E-state index < -0.39 is 5.97 Å². The van der Waals surface area contributed by atoms with Crippen LogP contribution in [0.15, 0.2) is 16.6 Å². The predicted molar refractivity (Wildman–Crippen MR) is 65.2 cm³/mol. The van der Waals surface area contributed by atoms with Crippen molar-refractivity contribution in [3.63, 3.8) is 0 Å². The summed E-state index contributed by atoms with van der Waals surface area (Å²) >= 11 is 3.30. The van der Waals surface area contributed by atoms with Gasteiger partial charge in [-0.3, -0.25) is 4.79 Å². The number of benzene rings is 1. The van der Waals surface area contributed by atoms with Gasteiger partial charge in [-0.05, 0) is 30.9 Å². The molecule has 0 aromatic heterocycles. The molecule has 0 radical (unpaired) electrons. The molecule has 0 bridgehead atoms. The maximum Gasteiger partial charge on any atom is 0.303 e. The lowest BCUT2D eigenvalue weighted by atomic mass is 9.90. The molecule has 5 heteroatoms. The fourth-order valence-electron chi connectivity index (χ4n) is 2.12. The van der Waals surface area contributed by atoms with E-state index in [9.17, 15) is 15.0 Å². The molecule has 1 fully saturated rings. The average molecular weight is 301 g/mol. The van der Waals surface area contributed by atoms with Gasteiger partial charge >= 0.3 is 5.97 Å². The molecule has 3 N–H and O–H groups in total. The Morgan fingerprint density at radius 1 is 1.41 bits per heavy atom. The van der Waals surface area contributed by atoms with Crippen LogP contribution in [0.1, 0.15) is 30.7 Å². The van der Waals surface area contributed by atoms with E-state index in [-0.39, 0.29) is 29.8 Å². The number of phenols is 2. The van der Waals surface area contributed by atoms with E-state index in [1.165, 1.54) is 6.07 Å². The van der Waals surface area contributed by atoms with Gasteiger partial charge in [0.1, 0.15) is 0 Å². The summed E-state index contributed by atoms with van der Waals surface area (Å²) in [6, 6.07) is 3.01. The molecule has 2 rings (SSSR count). The number of carboxylic acid groups (broad SMARTS) is 1. The maximum atomic E-state index is 10.9. The number of aromatic hydroxyl groups is 2. The van der Waals surface area contributed by atoms with Crippen molar-refractivity contribution in [1.82, 2.24) is 0 Å². The third-order valence-electron chi connectivity index (χ3n) is 3.10. The number of carbonyl (C=O) groups is 1. The van der Waals surface area contributed by atoms with Crippen LogP contribution in [0.25, 0.3) is 0 Å². The molecule has 1 aromatic rings. The van der Waals surface area contributed by atoms with Crippen LogP contribution in [-0.4, -0.2) is 21.3 Å². The lowest BCUT2D eigenvalue weighted by molar-refractivity contribution is -0.137. The first-order valence-corrected chi connectivity index (χ1v) is 6.22. The summed E-state index contributed by atoms with van der Waals surface area (Å²) < 4.78 is 0.644. The van der Waals surface area contributed by atoms with Crippen molar-refractivity contribution in [3.8, 4) is 11.5 Å². The van der Waals surface area contributed by atoms with Crippen molar-refractivity contribution >= 4 is 21.9 Å². The fraction of sp³-hybridized carbons (Fsp3) is 0.417. The minimum atomic E-state index is -0.892. The smallest absolute Gasteiger partial charge is 0.303 e. The van der Waals surface area contributed by atoms with Gasteiger partial charge in [-0.25, -0.2) is 0 Å². The zero-order valence-electron chi connectivity index (χ0n) is 9.06. The van der Waals surface area contributed by atoms with Crippen molar-refractivity contribution in [3.05, 3.63) is 22.2 Å². The van der Waals surface area contributed by atoms with E-state index in [1.54, 1.807) is 6.07 Å². The normalized spacial score (nSPS) is 16.8. The Morgan fingerprint density at radius 2 is 2.06 bits per heavy atom. The Kier molecular flexibility index (Phi) is 3.28. The van der Waals surface area contributed by atoms with Crippen LogP contribution in [0.3, 0.4) is 0 Å². The van der Waals surface area contributed by atoms with Gasteiger partial charge in [-0.15, -0.1) is 0 Å². The summed E-state index contributed by atoms with van der Waals surface area (Å²) in [6.07, 6.45) is 1.92. The van der Waals surface area contributed by atoms with Gasteiger partial charge in [0.05, 0.1) is 6.42 Å². The van der Waals surface area contributed by atoms with E-state index >= 15 is 0 Å². The molecular weight excluding hydrogens is 288 g/mol. The highest BCUT2D eigenvalue weighted by Gasteiger charge is 2.36. The number of hydrogen-bond acceptors (Lipinski definition) is 3. The minimum Gasteiger partial charge on any atom is -0.504 e. The molecule has 0 saturated heterocycles. The van der Waals surface area contributed by atoms with Gasteiger partial charge in [-0.2, -0.15) is 0 Å². The second-order valence-electron chi connectivity index (χ2n) is 4.37. The second-order valence-corrected chi connectivity index (χ2v) is 5.22. The lowest BCUT2D eigenvalue weighted by Crippen LogP contribution is -2.09. The van der Waals surface area contributed by atoms with Crippen LogP contribution >= 0.6 is 15.9 Å². The first-order valence-electron chi connectivity index (χ1n) is 5.42.